The maximum atomic E-state index is 13.2. The summed E-state index contributed by atoms with van der Waals surface area (Å²) in [6, 6.07) is 9.69. The predicted molar refractivity (Wildman–Crippen MR) is 82.8 cm³/mol. The highest BCUT2D eigenvalue weighted by Gasteiger charge is 2.06. The fourth-order valence-corrected chi connectivity index (χ4v) is 2.06. The summed E-state index contributed by atoms with van der Waals surface area (Å²) in [5.41, 5.74) is 7.89. The third kappa shape index (κ3) is 3.46. The summed E-state index contributed by atoms with van der Waals surface area (Å²) < 4.78 is 18.8. The standard InChI is InChI=1S/C15H13ClFNOS/c1-9-2-5-12(17)7-14(9)19-8-11-4-3-10(15(18)20)6-13(11)16/h2-7H,8H2,1H3,(H2,18,20). The molecule has 0 radical (unpaired) electrons. The van der Waals surface area contributed by atoms with Gasteiger partial charge in [0.1, 0.15) is 23.2 Å². The number of ether oxygens (including phenoxy) is 1. The van der Waals surface area contributed by atoms with E-state index >= 15 is 0 Å². The van der Waals surface area contributed by atoms with Crippen molar-refractivity contribution in [1.29, 1.82) is 0 Å². The molecule has 0 amide bonds. The van der Waals surface area contributed by atoms with Crippen molar-refractivity contribution in [1.82, 2.24) is 0 Å². The molecule has 0 saturated carbocycles. The van der Waals surface area contributed by atoms with Crippen LogP contribution in [0.4, 0.5) is 4.39 Å². The van der Waals surface area contributed by atoms with Crippen molar-refractivity contribution >= 4 is 28.8 Å². The van der Waals surface area contributed by atoms with Crippen molar-refractivity contribution in [2.75, 3.05) is 0 Å². The van der Waals surface area contributed by atoms with Gasteiger partial charge in [-0.15, -0.1) is 0 Å². The lowest BCUT2D eigenvalue weighted by Crippen LogP contribution is -2.09. The Morgan fingerprint density at radius 1 is 1.30 bits per heavy atom. The maximum absolute atomic E-state index is 13.2. The minimum absolute atomic E-state index is 0.251. The lowest BCUT2D eigenvalue weighted by molar-refractivity contribution is 0.302. The van der Waals surface area contributed by atoms with Crippen LogP contribution in [0.2, 0.25) is 5.02 Å². The number of benzene rings is 2. The van der Waals surface area contributed by atoms with Crippen LogP contribution < -0.4 is 10.5 Å². The van der Waals surface area contributed by atoms with E-state index in [0.717, 1.165) is 11.1 Å². The minimum Gasteiger partial charge on any atom is -0.488 e. The molecule has 2 aromatic rings. The highest BCUT2D eigenvalue weighted by molar-refractivity contribution is 7.80. The summed E-state index contributed by atoms with van der Waals surface area (Å²) >= 11 is 11.0. The molecular weight excluding hydrogens is 297 g/mol. The number of aryl methyl sites for hydroxylation is 1. The first-order chi connectivity index (χ1) is 9.47. The lowest BCUT2D eigenvalue weighted by Gasteiger charge is -2.11. The molecule has 0 heterocycles. The molecule has 0 spiro atoms. The Morgan fingerprint density at radius 3 is 2.70 bits per heavy atom. The lowest BCUT2D eigenvalue weighted by atomic mass is 10.1. The largest absolute Gasteiger partial charge is 0.488 e. The highest BCUT2D eigenvalue weighted by atomic mass is 35.5. The molecule has 2 aromatic carbocycles. The van der Waals surface area contributed by atoms with Gasteiger partial charge in [-0.1, -0.05) is 42.0 Å². The first-order valence-electron chi connectivity index (χ1n) is 5.94. The fraction of sp³-hybridized carbons (Fsp3) is 0.133. The Balaban J connectivity index is 2.15. The van der Waals surface area contributed by atoms with Gasteiger partial charge in [0, 0.05) is 22.2 Å². The number of nitrogens with two attached hydrogens (primary N) is 1. The van der Waals surface area contributed by atoms with Gasteiger partial charge in [0.05, 0.1) is 0 Å². The zero-order chi connectivity index (χ0) is 14.7. The molecule has 0 aliphatic heterocycles. The second-order valence-corrected chi connectivity index (χ2v) is 5.22. The van der Waals surface area contributed by atoms with Crippen LogP contribution in [0.5, 0.6) is 5.75 Å². The summed E-state index contributed by atoms with van der Waals surface area (Å²) in [7, 11) is 0. The average Bonchev–Trinajstić information content (AvgIpc) is 2.40. The van der Waals surface area contributed by atoms with E-state index in [0.29, 0.717) is 21.3 Å². The van der Waals surface area contributed by atoms with Crippen LogP contribution in [0.15, 0.2) is 36.4 Å². The quantitative estimate of drug-likeness (QED) is 0.867. The summed E-state index contributed by atoms with van der Waals surface area (Å²) in [6.45, 7) is 2.10. The van der Waals surface area contributed by atoms with E-state index in [1.807, 2.05) is 6.92 Å². The number of halogens is 2. The zero-order valence-electron chi connectivity index (χ0n) is 10.8. The molecule has 20 heavy (non-hydrogen) atoms. The Bertz CT molecular complexity index is 660. The molecule has 0 aliphatic carbocycles. The Morgan fingerprint density at radius 2 is 2.05 bits per heavy atom. The van der Waals surface area contributed by atoms with E-state index in [1.165, 1.54) is 12.1 Å². The van der Waals surface area contributed by atoms with Crippen molar-refractivity contribution in [3.8, 4) is 5.75 Å². The van der Waals surface area contributed by atoms with Gasteiger partial charge in [0.25, 0.3) is 0 Å². The molecule has 2 rings (SSSR count). The third-order valence-corrected chi connectivity index (χ3v) is 3.46. The van der Waals surface area contributed by atoms with Crippen molar-refractivity contribution in [2.45, 2.75) is 13.5 Å². The van der Waals surface area contributed by atoms with Crippen molar-refractivity contribution in [3.05, 3.63) is 63.9 Å². The van der Waals surface area contributed by atoms with E-state index in [9.17, 15) is 4.39 Å². The van der Waals surface area contributed by atoms with Gasteiger partial charge in [-0.05, 0) is 24.6 Å². The zero-order valence-corrected chi connectivity index (χ0v) is 12.4. The van der Waals surface area contributed by atoms with Crippen LogP contribution in [-0.4, -0.2) is 4.99 Å². The summed E-state index contributed by atoms with van der Waals surface area (Å²) in [5, 5.41) is 0.518. The third-order valence-electron chi connectivity index (χ3n) is 2.87. The van der Waals surface area contributed by atoms with Crippen molar-refractivity contribution in [3.63, 3.8) is 0 Å². The van der Waals surface area contributed by atoms with Crippen molar-refractivity contribution in [2.24, 2.45) is 5.73 Å². The fourth-order valence-electron chi connectivity index (χ4n) is 1.70. The number of thiocarbonyl (C=S) groups is 1. The second kappa shape index (κ2) is 6.20. The van der Waals surface area contributed by atoms with Gasteiger partial charge in [0.15, 0.2) is 0 Å². The molecule has 0 fully saturated rings. The smallest absolute Gasteiger partial charge is 0.126 e. The first kappa shape index (κ1) is 14.8. The average molecular weight is 310 g/mol. The monoisotopic (exact) mass is 309 g/mol. The van der Waals surface area contributed by atoms with E-state index in [4.69, 9.17) is 34.3 Å². The molecule has 0 atom stereocenters. The molecule has 0 aromatic heterocycles. The molecule has 5 heteroatoms. The minimum atomic E-state index is -0.333. The molecule has 0 saturated heterocycles. The molecule has 2 nitrogen and oxygen atoms in total. The number of hydrogen-bond donors (Lipinski definition) is 1. The van der Waals surface area contributed by atoms with E-state index in [1.54, 1.807) is 24.3 Å². The predicted octanol–water partition coefficient (Wildman–Crippen LogP) is 4.00. The van der Waals surface area contributed by atoms with Crippen LogP contribution in [0.3, 0.4) is 0 Å². The molecule has 0 aliphatic rings. The Labute approximate surface area is 127 Å². The molecule has 0 bridgehead atoms. The highest BCUT2D eigenvalue weighted by Crippen LogP contribution is 2.23. The van der Waals surface area contributed by atoms with Gasteiger partial charge in [-0.25, -0.2) is 4.39 Å². The van der Waals surface area contributed by atoms with E-state index in [-0.39, 0.29) is 12.4 Å². The molecule has 0 unspecified atom stereocenters. The van der Waals surface area contributed by atoms with Crippen LogP contribution in [0, 0.1) is 12.7 Å². The van der Waals surface area contributed by atoms with Crippen LogP contribution in [-0.2, 0) is 6.61 Å². The van der Waals surface area contributed by atoms with Gasteiger partial charge in [-0.2, -0.15) is 0 Å². The maximum Gasteiger partial charge on any atom is 0.126 e. The topological polar surface area (TPSA) is 35.2 Å². The van der Waals surface area contributed by atoms with E-state index < -0.39 is 0 Å². The Hall–Kier alpha value is -1.65. The molecule has 2 N–H and O–H groups in total. The van der Waals surface area contributed by atoms with Crippen molar-refractivity contribution < 1.29 is 9.13 Å². The van der Waals surface area contributed by atoms with Crippen LogP contribution in [0.25, 0.3) is 0 Å². The van der Waals surface area contributed by atoms with E-state index in [2.05, 4.69) is 0 Å². The Kier molecular flexibility index (Phi) is 4.57. The summed E-state index contributed by atoms with van der Waals surface area (Å²) in [4.78, 5) is 0.292. The van der Waals surface area contributed by atoms with Crippen LogP contribution >= 0.6 is 23.8 Å². The van der Waals surface area contributed by atoms with Crippen LogP contribution in [0.1, 0.15) is 16.7 Å². The first-order valence-corrected chi connectivity index (χ1v) is 6.73. The molecule has 104 valence electrons. The number of hydrogen-bond acceptors (Lipinski definition) is 2. The molecular formula is C15H13ClFNOS. The van der Waals surface area contributed by atoms with Gasteiger partial charge < -0.3 is 10.5 Å². The van der Waals surface area contributed by atoms with Gasteiger partial charge >= 0.3 is 0 Å². The summed E-state index contributed by atoms with van der Waals surface area (Å²) in [5.74, 6) is 0.167. The SMILES string of the molecule is Cc1ccc(F)cc1OCc1ccc(C(N)=S)cc1Cl. The van der Waals surface area contributed by atoms with Gasteiger partial charge in [-0.3, -0.25) is 0 Å². The van der Waals surface area contributed by atoms with Gasteiger partial charge in [0.2, 0.25) is 0 Å². The normalized spacial score (nSPS) is 10.3. The summed E-state index contributed by atoms with van der Waals surface area (Å²) in [6.07, 6.45) is 0. The number of rotatable bonds is 4. The second-order valence-electron chi connectivity index (χ2n) is 4.37.